The van der Waals surface area contributed by atoms with Crippen molar-refractivity contribution in [2.24, 2.45) is 11.3 Å². The van der Waals surface area contributed by atoms with Crippen molar-refractivity contribution >= 4 is 5.78 Å². The van der Waals surface area contributed by atoms with Crippen LogP contribution in [0.1, 0.15) is 39.7 Å². The fraction of sp³-hybridized carbons (Fsp3) is 0.588. The van der Waals surface area contributed by atoms with Crippen molar-refractivity contribution in [2.75, 3.05) is 14.2 Å². The predicted octanol–water partition coefficient (Wildman–Crippen LogP) is 3.89. The third-order valence-corrected chi connectivity index (χ3v) is 3.86. The van der Waals surface area contributed by atoms with Gasteiger partial charge in [0.25, 0.3) is 0 Å². The number of ketones is 1. The predicted molar refractivity (Wildman–Crippen MR) is 81.5 cm³/mol. The summed E-state index contributed by atoms with van der Waals surface area (Å²) >= 11 is 0. The van der Waals surface area contributed by atoms with Gasteiger partial charge in [-0.2, -0.15) is 0 Å². The number of hydrogen-bond donors (Lipinski definition) is 0. The second kappa shape index (κ2) is 6.78. The molecule has 0 aliphatic rings. The van der Waals surface area contributed by atoms with Crippen LogP contribution in [-0.4, -0.2) is 20.0 Å². The van der Waals surface area contributed by atoms with Crippen LogP contribution in [0.2, 0.25) is 0 Å². The summed E-state index contributed by atoms with van der Waals surface area (Å²) in [6, 6.07) is 5.63. The van der Waals surface area contributed by atoms with Crippen molar-refractivity contribution in [1.82, 2.24) is 0 Å². The van der Waals surface area contributed by atoms with Crippen LogP contribution in [0.4, 0.5) is 0 Å². The van der Waals surface area contributed by atoms with Crippen LogP contribution in [0.5, 0.6) is 11.5 Å². The van der Waals surface area contributed by atoms with Gasteiger partial charge >= 0.3 is 0 Å². The van der Waals surface area contributed by atoms with Crippen LogP contribution in [-0.2, 0) is 11.2 Å². The first-order valence-electron chi connectivity index (χ1n) is 7.00. The first-order chi connectivity index (χ1) is 9.27. The normalized spacial score (nSPS) is 12.9. The summed E-state index contributed by atoms with van der Waals surface area (Å²) in [4.78, 5) is 12.2. The third kappa shape index (κ3) is 4.55. The van der Waals surface area contributed by atoms with E-state index in [0.29, 0.717) is 30.3 Å². The van der Waals surface area contributed by atoms with E-state index in [2.05, 4.69) is 27.7 Å². The molecule has 0 aliphatic heterocycles. The van der Waals surface area contributed by atoms with Gasteiger partial charge in [0, 0.05) is 12.8 Å². The zero-order chi connectivity index (χ0) is 15.3. The third-order valence-electron chi connectivity index (χ3n) is 3.86. The minimum Gasteiger partial charge on any atom is -0.493 e. The van der Waals surface area contributed by atoms with Gasteiger partial charge < -0.3 is 9.47 Å². The highest BCUT2D eigenvalue weighted by molar-refractivity contribution is 5.81. The Morgan fingerprint density at radius 1 is 1.15 bits per heavy atom. The van der Waals surface area contributed by atoms with Crippen LogP contribution in [0, 0.1) is 11.3 Å². The van der Waals surface area contributed by atoms with E-state index in [1.807, 2.05) is 18.2 Å². The Morgan fingerprint density at radius 2 is 1.75 bits per heavy atom. The number of methoxy groups -OCH3 is 2. The molecule has 0 saturated heterocycles. The zero-order valence-corrected chi connectivity index (χ0v) is 13.4. The molecule has 0 radical (unpaired) electrons. The fourth-order valence-corrected chi connectivity index (χ4v) is 1.94. The topological polar surface area (TPSA) is 35.5 Å². The van der Waals surface area contributed by atoms with E-state index < -0.39 is 0 Å². The van der Waals surface area contributed by atoms with Gasteiger partial charge in [-0.25, -0.2) is 0 Å². The molecule has 0 saturated carbocycles. The molecule has 0 fully saturated rings. The molecule has 0 spiro atoms. The molecule has 0 bridgehead atoms. The van der Waals surface area contributed by atoms with E-state index in [0.717, 1.165) is 5.56 Å². The van der Waals surface area contributed by atoms with E-state index in [9.17, 15) is 4.79 Å². The number of benzene rings is 1. The Balaban J connectivity index is 2.71. The van der Waals surface area contributed by atoms with Gasteiger partial charge in [-0.3, -0.25) is 4.79 Å². The van der Waals surface area contributed by atoms with Crippen LogP contribution >= 0.6 is 0 Å². The van der Waals surface area contributed by atoms with Gasteiger partial charge in [-0.05, 0) is 29.0 Å². The quantitative estimate of drug-likeness (QED) is 0.792. The molecule has 1 unspecified atom stereocenters. The van der Waals surface area contributed by atoms with E-state index in [1.165, 1.54) is 0 Å². The Bertz CT molecular complexity index is 458. The maximum atomic E-state index is 12.2. The van der Waals surface area contributed by atoms with Gasteiger partial charge in [0.2, 0.25) is 0 Å². The molecule has 1 aromatic rings. The van der Waals surface area contributed by atoms with Crippen LogP contribution < -0.4 is 9.47 Å². The Kier molecular flexibility index (Phi) is 5.61. The maximum Gasteiger partial charge on any atom is 0.161 e. The molecule has 20 heavy (non-hydrogen) atoms. The smallest absolute Gasteiger partial charge is 0.161 e. The maximum absolute atomic E-state index is 12.2. The van der Waals surface area contributed by atoms with Crippen molar-refractivity contribution in [1.29, 1.82) is 0 Å². The molecule has 1 atom stereocenters. The minimum absolute atomic E-state index is 0.160. The monoisotopic (exact) mass is 278 g/mol. The molecule has 3 nitrogen and oxygen atoms in total. The SMILES string of the molecule is COc1ccc(CC(=O)CC(C)C(C)(C)C)cc1OC. The number of Topliss-reactive ketones (excluding diaryl/α,β-unsaturated/α-hetero) is 1. The van der Waals surface area contributed by atoms with Crippen LogP contribution in [0.25, 0.3) is 0 Å². The first kappa shape index (κ1) is 16.5. The molecule has 0 amide bonds. The van der Waals surface area contributed by atoms with E-state index in [1.54, 1.807) is 14.2 Å². The number of rotatable bonds is 6. The van der Waals surface area contributed by atoms with E-state index in [4.69, 9.17) is 9.47 Å². The summed E-state index contributed by atoms with van der Waals surface area (Å²) in [5, 5.41) is 0. The summed E-state index contributed by atoms with van der Waals surface area (Å²) in [7, 11) is 3.21. The lowest BCUT2D eigenvalue weighted by Gasteiger charge is -2.26. The van der Waals surface area contributed by atoms with Gasteiger partial charge in [-0.15, -0.1) is 0 Å². The molecule has 112 valence electrons. The van der Waals surface area contributed by atoms with Gasteiger partial charge in [0.05, 0.1) is 14.2 Å². The van der Waals surface area contributed by atoms with Crippen molar-refractivity contribution in [2.45, 2.75) is 40.5 Å². The van der Waals surface area contributed by atoms with E-state index in [-0.39, 0.29) is 11.2 Å². The van der Waals surface area contributed by atoms with Crippen molar-refractivity contribution in [3.8, 4) is 11.5 Å². The average molecular weight is 278 g/mol. The minimum atomic E-state index is 0.160. The van der Waals surface area contributed by atoms with Gasteiger partial charge in [0.1, 0.15) is 5.78 Å². The van der Waals surface area contributed by atoms with Gasteiger partial charge in [-0.1, -0.05) is 33.8 Å². The number of carbonyl (C=O) groups excluding carboxylic acids is 1. The highest BCUT2D eigenvalue weighted by atomic mass is 16.5. The standard InChI is InChI=1S/C17H26O3/c1-12(17(2,3)4)9-14(18)10-13-7-8-15(19-5)16(11-13)20-6/h7-8,11-12H,9-10H2,1-6H3. The van der Waals surface area contributed by atoms with Crippen molar-refractivity contribution in [3.63, 3.8) is 0 Å². The molecule has 3 heteroatoms. The number of hydrogen-bond acceptors (Lipinski definition) is 3. The van der Waals surface area contributed by atoms with Gasteiger partial charge in [0.15, 0.2) is 11.5 Å². The average Bonchev–Trinajstić information content (AvgIpc) is 2.37. The summed E-state index contributed by atoms with van der Waals surface area (Å²) in [6.45, 7) is 8.64. The van der Waals surface area contributed by atoms with Crippen LogP contribution in [0.15, 0.2) is 18.2 Å². The zero-order valence-electron chi connectivity index (χ0n) is 13.4. The molecule has 0 aromatic heterocycles. The summed E-state index contributed by atoms with van der Waals surface area (Å²) < 4.78 is 10.5. The second-order valence-corrected chi connectivity index (χ2v) is 6.38. The lowest BCUT2D eigenvalue weighted by molar-refractivity contribution is -0.120. The van der Waals surface area contributed by atoms with Crippen molar-refractivity contribution < 1.29 is 14.3 Å². The summed E-state index contributed by atoms with van der Waals surface area (Å²) in [5.41, 5.74) is 1.13. The summed E-state index contributed by atoms with van der Waals surface area (Å²) in [5.74, 6) is 1.99. The molecule has 1 aromatic carbocycles. The fourth-order valence-electron chi connectivity index (χ4n) is 1.94. The highest BCUT2D eigenvalue weighted by Gasteiger charge is 2.22. The Hall–Kier alpha value is -1.51. The number of ether oxygens (including phenoxy) is 2. The second-order valence-electron chi connectivity index (χ2n) is 6.38. The molecular formula is C17H26O3. The largest absolute Gasteiger partial charge is 0.493 e. The lowest BCUT2D eigenvalue weighted by atomic mass is 9.79. The molecule has 0 heterocycles. The van der Waals surface area contributed by atoms with Crippen LogP contribution in [0.3, 0.4) is 0 Å². The van der Waals surface area contributed by atoms with E-state index >= 15 is 0 Å². The van der Waals surface area contributed by atoms with Crippen molar-refractivity contribution in [3.05, 3.63) is 23.8 Å². The Morgan fingerprint density at radius 3 is 2.25 bits per heavy atom. The molecule has 0 aliphatic carbocycles. The highest BCUT2D eigenvalue weighted by Crippen LogP contribution is 2.30. The number of carbonyl (C=O) groups is 1. The lowest BCUT2D eigenvalue weighted by Crippen LogP contribution is -2.21. The molecular weight excluding hydrogens is 252 g/mol. The molecule has 0 N–H and O–H groups in total. The molecule has 1 rings (SSSR count). The first-order valence-corrected chi connectivity index (χ1v) is 7.00. The Labute approximate surface area is 122 Å². The summed E-state index contributed by atoms with van der Waals surface area (Å²) in [6.07, 6.45) is 1.05.